The van der Waals surface area contributed by atoms with Crippen LogP contribution in [0.1, 0.15) is 61.7 Å². The molecule has 0 radical (unpaired) electrons. The lowest BCUT2D eigenvalue weighted by atomic mass is 9.92. The summed E-state index contributed by atoms with van der Waals surface area (Å²) < 4.78 is 0. The third-order valence-electron chi connectivity index (χ3n) is 1.08. The number of hydrogen-bond donors (Lipinski definition) is 1. The molecule has 1 heterocycles. The molecule has 16 heavy (non-hydrogen) atoms. The average Bonchev–Trinajstić information content (AvgIpc) is 2.30. The van der Waals surface area contributed by atoms with E-state index in [1.54, 1.807) is 0 Å². The molecule has 0 bridgehead atoms. The molecule has 4 heteroatoms. The number of tetrazole rings is 1. The van der Waals surface area contributed by atoms with Gasteiger partial charge in [-0.15, -0.1) is 10.2 Å². The summed E-state index contributed by atoms with van der Waals surface area (Å²) in [5.41, 5.74) is 0.740. The fraction of sp³-hybridized carbons (Fsp3) is 0.917. The van der Waals surface area contributed by atoms with Crippen LogP contribution < -0.4 is 0 Å². The van der Waals surface area contributed by atoms with Crippen molar-refractivity contribution in [2.24, 2.45) is 10.8 Å². The Morgan fingerprint density at radius 3 is 1.69 bits per heavy atom. The Bertz CT molecular complexity index is 246. The van der Waals surface area contributed by atoms with E-state index >= 15 is 0 Å². The maximum absolute atomic E-state index is 3.85. The first-order valence-electron chi connectivity index (χ1n) is 5.30. The maximum atomic E-state index is 3.85. The maximum Gasteiger partial charge on any atom is 0.175 e. The van der Waals surface area contributed by atoms with Crippen LogP contribution in [0.15, 0.2) is 0 Å². The topological polar surface area (TPSA) is 54.5 Å². The molecule has 0 aliphatic rings. The Hall–Kier alpha value is -0.930. The quantitative estimate of drug-likeness (QED) is 0.800. The van der Waals surface area contributed by atoms with E-state index in [2.05, 4.69) is 69.1 Å². The number of nitrogens with zero attached hydrogens (tertiary/aromatic N) is 3. The van der Waals surface area contributed by atoms with Crippen LogP contribution in [0, 0.1) is 10.8 Å². The van der Waals surface area contributed by atoms with Gasteiger partial charge in [-0.1, -0.05) is 61.1 Å². The first-order valence-corrected chi connectivity index (χ1v) is 5.30. The Kier molecular flexibility index (Phi) is 7.21. The highest BCUT2D eigenvalue weighted by atomic mass is 15.5. The number of nitrogens with one attached hydrogen (secondary N) is 1. The van der Waals surface area contributed by atoms with Crippen LogP contribution in [0.2, 0.25) is 0 Å². The third-order valence-corrected chi connectivity index (χ3v) is 1.08. The van der Waals surface area contributed by atoms with Crippen molar-refractivity contribution in [3.05, 3.63) is 5.82 Å². The predicted octanol–water partition coefficient (Wildman–Crippen LogP) is 3.48. The van der Waals surface area contributed by atoms with Crippen LogP contribution in [0.5, 0.6) is 0 Å². The summed E-state index contributed by atoms with van der Waals surface area (Å²) in [6.07, 6.45) is 0.865. The van der Waals surface area contributed by atoms with Crippen LogP contribution in [0.4, 0.5) is 0 Å². The fourth-order valence-electron chi connectivity index (χ4n) is 0.732. The lowest BCUT2D eigenvalue weighted by Crippen LogP contribution is -2.10. The zero-order chi connectivity index (χ0) is 12.1. The summed E-state index contributed by atoms with van der Waals surface area (Å²) in [6.45, 7) is 15.2. The van der Waals surface area contributed by atoms with Gasteiger partial charge >= 0.3 is 0 Å². The molecule has 0 saturated carbocycles. The van der Waals surface area contributed by atoms with E-state index in [1.807, 2.05) is 0 Å². The van der Waals surface area contributed by atoms with Crippen molar-refractivity contribution in [2.75, 3.05) is 0 Å². The van der Waals surface area contributed by atoms with Gasteiger partial charge in [-0.3, -0.25) is 0 Å². The highest BCUT2D eigenvalue weighted by molar-refractivity contribution is 4.82. The minimum atomic E-state index is 0. The molecule has 0 aliphatic carbocycles. The Balaban J connectivity index is 0. The standard InChI is InChI=1S/C6H12N4.C5H12.CH4/c1-6(2,3)4-5-7-9-10-8-5;1-5(2,3)4;/h4H2,1-3H3,(H,7,8,9,10);1-4H3;1H4. The number of rotatable bonds is 1. The Morgan fingerprint density at radius 1 is 1.00 bits per heavy atom. The van der Waals surface area contributed by atoms with E-state index in [0.717, 1.165) is 12.2 Å². The molecular formula is C12H28N4. The molecule has 0 atom stereocenters. The summed E-state index contributed by atoms with van der Waals surface area (Å²) in [5, 5.41) is 13.6. The van der Waals surface area contributed by atoms with Gasteiger partial charge in [-0.05, 0) is 10.8 Å². The predicted molar refractivity (Wildman–Crippen MR) is 69.2 cm³/mol. The number of hydrogen-bond acceptors (Lipinski definition) is 3. The molecule has 0 fully saturated rings. The Morgan fingerprint density at radius 2 is 1.44 bits per heavy atom. The molecule has 96 valence electrons. The molecule has 0 amide bonds. The first-order chi connectivity index (χ1) is 6.58. The van der Waals surface area contributed by atoms with Crippen molar-refractivity contribution in [2.45, 2.75) is 62.3 Å². The summed E-state index contributed by atoms with van der Waals surface area (Å²) in [6, 6.07) is 0. The highest BCUT2D eigenvalue weighted by Crippen LogP contribution is 2.16. The number of aromatic amines is 1. The molecule has 1 rings (SSSR count). The molecule has 1 aromatic rings. The molecule has 1 N–H and O–H groups in total. The second-order valence-corrected chi connectivity index (χ2v) is 6.57. The van der Waals surface area contributed by atoms with E-state index < -0.39 is 0 Å². The van der Waals surface area contributed by atoms with Crippen LogP contribution >= 0.6 is 0 Å². The third kappa shape index (κ3) is 15.5. The van der Waals surface area contributed by atoms with Crippen LogP contribution in [0.3, 0.4) is 0 Å². The second-order valence-electron chi connectivity index (χ2n) is 6.57. The average molecular weight is 228 g/mol. The molecule has 0 unspecified atom stereocenters. The summed E-state index contributed by atoms with van der Waals surface area (Å²) in [5.74, 6) is 0.785. The molecule has 1 aromatic heterocycles. The van der Waals surface area contributed by atoms with Crippen LogP contribution in [-0.2, 0) is 6.42 Å². The second kappa shape index (κ2) is 6.61. The Labute approximate surface area is 100 Å². The zero-order valence-corrected chi connectivity index (χ0v) is 11.0. The van der Waals surface area contributed by atoms with E-state index in [9.17, 15) is 0 Å². The van der Waals surface area contributed by atoms with E-state index in [-0.39, 0.29) is 12.8 Å². The van der Waals surface area contributed by atoms with Gasteiger partial charge in [0.1, 0.15) is 0 Å². The van der Waals surface area contributed by atoms with Gasteiger partial charge in [0.05, 0.1) is 0 Å². The minimum absolute atomic E-state index is 0. The molecule has 4 nitrogen and oxygen atoms in total. The van der Waals surface area contributed by atoms with Gasteiger partial charge in [0.2, 0.25) is 0 Å². The molecule has 0 saturated heterocycles. The first kappa shape index (κ1) is 17.5. The van der Waals surface area contributed by atoms with Crippen molar-refractivity contribution < 1.29 is 0 Å². The van der Waals surface area contributed by atoms with Gasteiger partial charge in [-0.25, -0.2) is 0 Å². The summed E-state index contributed by atoms with van der Waals surface area (Å²) in [4.78, 5) is 0. The molecule has 0 aromatic carbocycles. The van der Waals surface area contributed by atoms with Crippen molar-refractivity contribution in [1.29, 1.82) is 0 Å². The largest absolute Gasteiger partial charge is 0.177 e. The van der Waals surface area contributed by atoms with Crippen molar-refractivity contribution in [3.63, 3.8) is 0 Å². The smallest absolute Gasteiger partial charge is 0.175 e. The van der Waals surface area contributed by atoms with Crippen LogP contribution in [0.25, 0.3) is 0 Å². The number of H-pyrrole nitrogens is 1. The zero-order valence-electron chi connectivity index (χ0n) is 11.0. The van der Waals surface area contributed by atoms with Crippen molar-refractivity contribution >= 4 is 0 Å². The lowest BCUT2D eigenvalue weighted by Gasteiger charge is -2.14. The van der Waals surface area contributed by atoms with Crippen molar-refractivity contribution in [1.82, 2.24) is 20.6 Å². The monoisotopic (exact) mass is 228 g/mol. The van der Waals surface area contributed by atoms with Crippen LogP contribution in [-0.4, -0.2) is 20.6 Å². The highest BCUT2D eigenvalue weighted by Gasteiger charge is 2.13. The van der Waals surface area contributed by atoms with Gasteiger partial charge in [-0.2, -0.15) is 5.21 Å². The normalized spacial score (nSPS) is 11.2. The number of aromatic nitrogens is 4. The van der Waals surface area contributed by atoms with Crippen molar-refractivity contribution in [3.8, 4) is 0 Å². The van der Waals surface area contributed by atoms with Gasteiger partial charge in [0.25, 0.3) is 0 Å². The van der Waals surface area contributed by atoms with E-state index in [4.69, 9.17) is 0 Å². The molecule has 0 aliphatic heterocycles. The van der Waals surface area contributed by atoms with Gasteiger partial charge in [0, 0.05) is 6.42 Å². The van der Waals surface area contributed by atoms with Gasteiger partial charge < -0.3 is 0 Å². The summed E-state index contributed by atoms with van der Waals surface area (Å²) >= 11 is 0. The SMILES string of the molecule is C.CC(C)(C)C.CC(C)(C)Cc1nn[nH]n1. The minimum Gasteiger partial charge on any atom is -0.177 e. The lowest BCUT2D eigenvalue weighted by molar-refractivity contribution is 0.401. The summed E-state index contributed by atoms with van der Waals surface area (Å²) in [7, 11) is 0. The molecular weight excluding hydrogens is 200 g/mol. The van der Waals surface area contributed by atoms with Gasteiger partial charge in [0.15, 0.2) is 5.82 Å². The molecule has 0 spiro atoms. The van der Waals surface area contributed by atoms with E-state index in [0.29, 0.717) is 5.41 Å². The van der Waals surface area contributed by atoms with E-state index in [1.165, 1.54) is 0 Å². The fourth-order valence-corrected chi connectivity index (χ4v) is 0.732.